The largest absolute Gasteiger partial charge is 0.493 e. The molecular weight excluding hydrogens is 334 g/mol. The Morgan fingerprint density at radius 2 is 1.69 bits per heavy atom. The molecular formula is C20H21NO5. The number of carbonyl (C=O) groups is 2. The Hall–Kier alpha value is -3.28. The molecule has 6 nitrogen and oxygen atoms in total. The van der Waals surface area contributed by atoms with Crippen LogP contribution in [0.1, 0.15) is 15.9 Å². The Morgan fingerprint density at radius 1 is 1.00 bits per heavy atom. The van der Waals surface area contributed by atoms with Crippen molar-refractivity contribution in [1.82, 2.24) is 5.32 Å². The molecule has 0 atom stereocenters. The molecule has 0 aliphatic rings. The van der Waals surface area contributed by atoms with Gasteiger partial charge in [-0.2, -0.15) is 0 Å². The lowest BCUT2D eigenvalue weighted by Crippen LogP contribution is -2.24. The molecule has 0 fully saturated rings. The van der Waals surface area contributed by atoms with Crippen LogP contribution >= 0.6 is 0 Å². The number of likely N-dealkylation sites (N-methyl/N-ethyl adjacent to an activating group) is 1. The summed E-state index contributed by atoms with van der Waals surface area (Å²) in [7, 11) is 4.67. The summed E-state index contributed by atoms with van der Waals surface area (Å²) < 4.78 is 15.7. The maximum absolute atomic E-state index is 12.3. The van der Waals surface area contributed by atoms with Gasteiger partial charge < -0.3 is 19.5 Å². The second-order valence-corrected chi connectivity index (χ2v) is 5.30. The Balaban J connectivity index is 2.03. The minimum atomic E-state index is -0.219. The Kier molecular flexibility index (Phi) is 6.79. The molecule has 136 valence electrons. The lowest BCUT2D eigenvalue weighted by Gasteiger charge is -2.07. The van der Waals surface area contributed by atoms with E-state index in [0.717, 1.165) is 5.56 Å². The van der Waals surface area contributed by atoms with Crippen LogP contribution in [0.2, 0.25) is 0 Å². The summed E-state index contributed by atoms with van der Waals surface area (Å²) in [6, 6.07) is 12.0. The first-order valence-corrected chi connectivity index (χ1v) is 7.95. The monoisotopic (exact) mass is 355 g/mol. The lowest BCUT2D eigenvalue weighted by molar-refractivity contribution is -0.122. The third-order valence-corrected chi connectivity index (χ3v) is 3.62. The summed E-state index contributed by atoms with van der Waals surface area (Å²) in [5, 5.41) is 2.47. The van der Waals surface area contributed by atoms with E-state index in [0.29, 0.717) is 22.8 Å². The summed E-state index contributed by atoms with van der Waals surface area (Å²) in [5.74, 6) is 1.39. The topological polar surface area (TPSA) is 73.9 Å². The molecule has 2 aromatic rings. The van der Waals surface area contributed by atoms with Crippen molar-refractivity contribution in [2.75, 3.05) is 27.9 Å². The van der Waals surface area contributed by atoms with E-state index in [2.05, 4.69) is 5.32 Å². The third-order valence-electron chi connectivity index (χ3n) is 3.62. The zero-order chi connectivity index (χ0) is 18.9. The molecule has 0 aliphatic carbocycles. The molecule has 1 N–H and O–H groups in total. The van der Waals surface area contributed by atoms with Crippen molar-refractivity contribution in [3.63, 3.8) is 0 Å². The van der Waals surface area contributed by atoms with Crippen molar-refractivity contribution in [1.29, 1.82) is 0 Å². The van der Waals surface area contributed by atoms with Crippen molar-refractivity contribution in [2.24, 2.45) is 0 Å². The highest BCUT2D eigenvalue weighted by Gasteiger charge is 2.06. The number of ether oxygens (including phenoxy) is 3. The van der Waals surface area contributed by atoms with E-state index in [1.165, 1.54) is 13.1 Å². The summed E-state index contributed by atoms with van der Waals surface area (Å²) >= 11 is 0. The first kappa shape index (κ1) is 19.1. The van der Waals surface area contributed by atoms with Gasteiger partial charge in [0, 0.05) is 12.6 Å². The summed E-state index contributed by atoms with van der Waals surface area (Å²) in [6.07, 6.45) is 3.20. The number of allylic oxidation sites excluding steroid dienone is 1. The van der Waals surface area contributed by atoms with Crippen LogP contribution in [0.4, 0.5) is 0 Å². The molecule has 0 saturated carbocycles. The van der Waals surface area contributed by atoms with Gasteiger partial charge in [0.2, 0.25) is 0 Å². The van der Waals surface area contributed by atoms with Gasteiger partial charge in [-0.3, -0.25) is 9.59 Å². The quantitative estimate of drug-likeness (QED) is 0.582. The number of hydrogen-bond acceptors (Lipinski definition) is 5. The maximum Gasteiger partial charge on any atom is 0.257 e. The van der Waals surface area contributed by atoms with Gasteiger partial charge >= 0.3 is 0 Å². The second kappa shape index (κ2) is 9.27. The van der Waals surface area contributed by atoms with E-state index >= 15 is 0 Å². The molecule has 2 rings (SSSR count). The number of methoxy groups -OCH3 is 2. The van der Waals surface area contributed by atoms with Crippen LogP contribution in [-0.2, 0) is 4.79 Å². The van der Waals surface area contributed by atoms with Gasteiger partial charge in [0.05, 0.1) is 14.2 Å². The molecule has 0 unspecified atom stereocenters. The van der Waals surface area contributed by atoms with Crippen LogP contribution in [0, 0.1) is 0 Å². The van der Waals surface area contributed by atoms with Gasteiger partial charge in [0.15, 0.2) is 23.9 Å². The first-order valence-electron chi connectivity index (χ1n) is 7.95. The highest BCUT2D eigenvalue weighted by molar-refractivity contribution is 6.06. The fourth-order valence-electron chi connectivity index (χ4n) is 2.16. The van der Waals surface area contributed by atoms with Crippen molar-refractivity contribution in [3.8, 4) is 17.2 Å². The van der Waals surface area contributed by atoms with E-state index in [-0.39, 0.29) is 18.3 Å². The molecule has 0 spiro atoms. The normalized spacial score (nSPS) is 10.4. The van der Waals surface area contributed by atoms with Gasteiger partial charge in [-0.25, -0.2) is 0 Å². The second-order valence-electron chi connectivity index (χ2n) is 5.30. The van der Waals surface area contributed by atoms with Crippen LogP contribution in [-0.4, -0.2) is 39.6 Å². The number of rotatable bonds is 8. The number of nitrogens with one attached hydrogen (secondary N) is 1. The predicted octanol–water partition coefficient (Wildman–Crippen LogP) is 2.72. The molecule has 0 bridgehead atoms. The summed E-state index contributed by atoms with van der Waals surface area (Å²) in [4.78, 5) is 23.4. The van der Waals surface area contributed by atoms with Crippen LogP contribution in [0.3, 0.4) is 0 Å². The van der Waals surface area contributed by atoms with Crippen LogP contribution in [0.25, 0.3) is 6.08 Å². The summed E-state index contributed by atoms with van der Waals surface area (Å²) in [6.45, 7) is -0.0665. The average Bonchev–Trinajstić information content (AvgIpc) is 2.70. The maximum atomic E-state index is 12.3. The minimum Gasteiger partial charge on any atom is -0.493 e. The standard InChI is InChI=1S/C20H21NO5/c1-21-20(23)13-26-16-8-6-15(7-9-16)17(22)10-4-14-5-11-18(24-2)19(12-14)25-3/h4-12H,13H2,1-3H3,(H,21,23)/b10-4+. The smallest absolute Gasteiger partial charge is 0.257 e. The molecule has 0 aliphatic heterocycles. The Bertz CT molecular complexity index is 796. The van der Waals surface area contributed by atoms with Gasteiger partial charge in [-0.15, -0.1) is 0 Å². The Morgan fingerprint density at radius 3 is 2.31 bits per heavy atom. The van der Waals surface area contributed by atoms with E-state index in [1.54, 1.807) is 56.7 Å². The molecule has 0 heterocycles. The van der Waals surface area contributed by atoms with E-state index < -0.39 is 0 Å². The van der Waals surface area contributed by atoms with Crippen molar-refractivity contribution >= 4 is 17.8 Å². The zero-order valence-corrected chi connectivity index (χ0v) is 14.9. The van der Waals surface area contributed by atoms with E-state index in [4.69, 9.17) is 14.2 Å². The van der Waals surface area contributed by atoms with Crippen LogP contribution < -0.4 is 19.5 Å². The lowest BCUT2D eigenvalue weighted by atomic mass is 10.1. The van der Waals surface area contributed by atoms with Gasteiger partial charge in [0.25, 0.3) is 5.91 Å². The minimum absolute atomic E-state index is 0.0665. The fourth-order valence-corrected chi connectivity index (χ4v) is 2.16. The number of amides is 1. The van der Waals surface area contributed by atoms with Crippen LogP contribution in [0.5, 0.6) is 17.2 Å². The SMILES string of the molecule is CNC(=O)COc1ccc(C(=O)/C=C/c2ccc(OC)c(OC)c2)cc1. The molecule has 2 aromatic carbocycles. The molecule has 0 radical (unpaired) electrons. The number of hydrogen-bond donors (Lipinski definition) is 1. The van der Waals surface area contributed by atoms with Crippen molar-refractivity contribution in [3.05, 3.63) is 59.7 Å². The summed E-state index contributed by atoms with van der Waals surface area (Å²) in [5.41, 5.74) is 1.34. The third kappa shape index (κ3) is 5.11. The van der Waals surface area contributed by atoms with Crippen LogP contribution in [0.15, 0.2) is 48.5 Å². The molecule has 0 aromatic heterocycles. The van der Waals surface area contributed by atoms with Crippen molar-refractivity contribution < 1.29 is 23.8 Å². The molecule has 6 heteroatoms. The first-order chi connectivity index (χ1) is 12.6. The van der Waals surface area contributed by atoms with E-state index in [1.807, 2.05) is 6.07 Å². The highest BCUT2D eigenvalue weighted by atomic mass is 16.5. The van der Waals surface area contributed by atoms with Gasteiger partial charge in [-0.05, 0) is 48.0 Å². The van der Waals surface area contributed by atoms with Gasteiger partial charge in [-0.1, -0.05) is 12.1 Å². The Labute approximate surface area is 152 Å². The molecule has 26 heavy (non-hydrogen) atoms. The van der Waals surface area contributed by atoms with Gasteiger partial charge in [0.1, 0.15) is 5.75 Å². The number of carbonyl (C=O) groups excluding carboxylic acids is 2. The predicted molar refractivity (Wildman–Crippen MR) is 98.9 cm³/mol. The van der Waals surface area contributed by atoms with Crippen molar-refractivity contribution in [2.45, 2.75) is 0 Å². The average molecular weight is 355 g/mol. The van der Waals surface area contributed by atoms with E-state index in [9.17, 15) is 9.59 Å². The number of ketones is 1. The molecule has 0 saturated heterocycles. The number of benzene rings is 2. The fraction of sp³-hybridized carbons (Fsp3) is 0.200. The zero-order valence-electron chi connectivity index (χ0n) is 14.9. The molecule has 1 amide bonds. The highest BCUT2D eigenvalue weighted by Crippen LogP contribution is 2.28.